The summed E-state index contributed by atoms with van der Waals surface area (Å²) in [4.78, 5) is 22.3. The first-order chi connectivity index (χ1) is 8.97. The maximum Gasteiger partial charge on any atom is 0.311 e. The Morgan fingerprint density at radius 2 is 2.26 bits per heavy atom. The van der Waals surface area contributed by atoms with Gasteiger partial charge in [0.05, 0.1) is 17.1 Å². The Morgan fingerprint density at radius 1 is 1.58 bits per heavy atom. The number of nitrogens with zero attached hydrogens (tertiary/aromatic N) is 1. The van der Waals surface area contributed by atoms with E-state index in [0.717, 1.165) is 0 Å². The fourth-order valence-corrected chi connectivity index (χ4v) is 1.56. The van der Waals surface area contributed by atoms with Crippen molar-refractivity contribution in [2.24, 2.45) is 0 Å². The number of nitrogens with one attached hydrogen (secondary N) is 1. The molecule has 0 bridgehead atoms. The second-order valence-electron chi connectivity index (χ2n) is 3.54. The summed E-state index contributed by atoms with van der Waals surface area (Å²) in [6.07, 6.45) is 0. The number of carbonyl (C=O) groups is 1. The molecule has 0 aliphatic carbocycles. The van der Waals surface area contributed by atoms with Crippen molar-refractivity contribution < 1.29 is 14.5 Å². The average Bonchev–Trinajstić information content (AvgIpc) is 2.36. The van der Waals surface area contributed by atoms with E-state index >= 15 is 0 Å². The third kappa shape index (κ3) is 4.06. The third-order valence-corrected chi connectivity index (χ3v) is 2.45. The van der Waals surface area contributed by atoms with Crippen LogP contribution < -0.4 is 10.1 Å². The van der Waals surface area contributed by atoms with E-state index in [-0.39, 0.29) is 30.2 Å². The number of nitro groups is 1. The van der Waals surface area contributed by atoms with Crippen LogP contribution in [-0.4, -0.2) is 24.0 Å². The monoisotopic (exact) mass is 328 g/mol. The molecule has 0 unspecified atom stereocenters. The highest BCUT2D eigenvalue weighted by Gasteiger charge is 2.22. The Bertz CT molecular complexity index is 516. The molecule has 0 spiro atoms. The van der Waals surface area contributed by atoms with Crippen LogP contribution in [0, 0.1) is 10.1 Å². The van der Waals surface area contributed by atoms with E-state index in [0.29, 0.717) is 4.48 Å². The van der Waals surface area contributed by atoms with E-state index in [1.165, 1.54) is 18.2 Å². The summed E-state index contributed by atoms with van der Waals surface area (Å²) >= 11 is 3.11. The van der Waals surface area contributed by atoms with Crippen molar-refractivity contribution in [3.05, 3.63) is 44.9 Å². The lowest BCUT2D eigenvalue weighted by atomic mass is 10.1. The van der Waals surface area contributed by atoms with Crippen LogP contribution in [0.3, 0.4) is 0 Å². The Morgan fingerprint density at radius 3 is 2.79 bits per heavy atom. The van der Waals surface area contributed by atoms with Crippen molar-refractivity contribution in [2.45, 2.75) is 6.92 Å². The molecule has 1 aromatic carbocycles. The summed E-state index contributed by atoms with van der Waals surface area (Å²) in [6.45, 7) is 5.74. The molecule has 0 aromatic heterocycles. The van der Waals surface area contributed by atoms with Gasteiger partial charge in [0.2, 0.25) is 5.75 Å². The molecule has 1 amide bonds. The summed E-state index contributed by atoms with van der Waals surface area (Å²) in [6, 6.07) is 4.22. The van der Waals surface area contributed by atoms with Gasteiger partial charge in [-0.1, -0.05) is 28.6 Å². The van der Waals surface area contributed by atoms with Gasteiger partial charge < -0.3 is 10.1 Å². The van der Waals surface area contributed by atoms with Crippen LogP contribution in [0.1, 0.15) is 17.3 Å². The van der Waals surface area contributed by atoms with Crippen molar-refractivity contribution in [1.29, 1.82) is 0 Å². The summed E-state index contributed by atoms with van der Waals surface area (Å²) in [5.41, 5.74) is -0.100. The van der Waals surface area contributed by atoms with Crippen LogP contribution in [0.4, 0.5) is 5.69 Å². The lowest BCUT2D eigenvalue weighted by molar-refractivity contribution is -0.385. The zero-order valence-electron chi connectivity index (χ0n) is 10.3. The van der Waals surface area contributed by atoms with Crippen LogP contribution in [0.5, 0.6) is 5.75 Å². The van der Waals surface area contributed by atoms with Crippen molar-refractivity contribution >= 4 is 27.5 Å². The number of para-hydroxylation sites is 1. The molecular weight excluding hydrogens is 316 g/mol. The fraction of sp³-hybridized carbons (Fsp3) is 0.250. The molecule has 0 aliphatic rings. The molecule has 0 radical (unpaired) electrons. The highest BCUT2D eigenvalue weighted by Crippen LogP contribution is 2.30. The number of carbonyl (C=O) groups excluding carboxylic acids is 1. The van der Waals surface area contributed by atoms with Crippen LogP contribution >= 0.6 is 15.9 Å². The largest absolute Gasteiger partial charge is 0.487 e. The smallest absolute Gasteiger partial charge is 0.311 e. The number of hydrogen-bond donors (Lipinski definition) is 1. The molecule has 102 valence electrons. The topological polar surface area (TPSA) is 81.5 Å². The van der Waals surface area contributed by atoms with Crippen molar-refractivity contribution in [3.63, 3.8) is 0 Å². The Hall–Kier alpha value is -1.89. The SMILES string of the molecule is C=C(Br)CNC(=O)c1cccc([N+](=O)[O-])c1OCC. The van der Waals surface area contributed by atoms with Crippen LogP contribution in [0.2, 0.25) is 0 Å². The van der Waals surface area contributed by atoms with Gasteiger partial charge in [-0.15, -0.1) is 0 Å². The number of hydrogen-bond acceptors (Lipinski definition) is 4. The normalized spacial score (nSPS) is 9.79. The second-order valence-corrected chi connectivity index (χ2v) is 4.67. The molecular formula is C12H13BrN2O4. The highest BCUT2D eigenvalue weighted by molar-refractivity contribution is 9.11. The van der Waals surface area contributed by atoms with Crippen LogP contribution in [0.15, 0.2) is 29.3 Å². The third-order valence-electron chi connectivity index (χ3n) is 2.17. The molecule has 0 heterocycles. The van der Waals surface area contributed by atoms with Crippen molar-refractivity contribution in [1.82, 2.24) is 5.32 Å². The Labute approximate surface area is 118 Å². The average molecular weight is 329 g/mol. The molecule has 1 rings (SSSR count). The van der Waals surface area contributed by atoms with Gasteiger partial charge in [-0.05, 0) is 13.0 Å². The van der Waals surface area contributed by atoms with Crippen LogP contribution in [-0.2, 0) is 0 Å². The molecule has 0 atom stereocenters. The quantitative estimate of drug-likeness (QED) is 0.642. The maximum atomic E-state index is 11.9. The molecule has 7 heteroatoms. The van der Waals surface area contributed by atoms with E-state index in [9.17, 15) is 14.9 Å². The number of ether oxygens (including phenoxy) is 1. The van der Waals surface area contributed by atoms with E-state index in [4.69, 9.17) is 4.74 Å². The lowest BCUT2D eigenvalue weighted by Gasteiger charge is -2.10. The minimum atomic E-state index is -0.578. The second kappa shape index (κ2) is 6.89. The molecule has 0 aliphatic heterocycles. The summed E-state index contributed by atoms with van der Waals surface area (Å²) in [5.74, 6) is -0.472. The zero-order chi connectivity index (χ0) is 14.4. The van der Waals surface area contributed by atoms with E-state index in [1.54, 1.807) is 6.92 Å². The Balaban J connectivity index is 3.11. The van der Waals surface area contributed by atoms with Gasteiger partial charge in [0.25, 0.3) is 5.91 Å². The number of halogens is 1. The van der Waals surface area contributed by atoms with Gasteiger partial charge in [0.1, 0.15) is 0 Å². The zero-order valence-corrected chi connectivity index (χ0v) is 11.9. The van der Waals surface area contributed by atoms with Crippen molar-refractivity contribution in [2.75, 3.05) is 13.2 Å². The first-order valence-electron chi connectivity index (χ1n) is 5.49. The molecule has 1 aromatic rings. The van der Waals surface area contributed by atoms with Gasteiger partial charge in [-0.3, -0.25) is 14.9 Å². The lowest BCUT2D eigenvalue weighted by Crippen LogP contribution is -2.25. The van der Waals surface area contributed by atoms with Gasteiger partial charge in [-0.25, -0.2) is 0 Å². The number of rotatable bonds is 6. The first kappa shape index (κ1) is 15.2. The molecule has 6 nitrogen and oxygen atoms in total. The van der Waals surface area contributed by atoms with E-state index in [1.807, 2.05) is 0 Å². The van der Waals surface area contributed by atoms with Gasteiger partial charge in [-0.2, -0.15) is 0 Å². The van der Waals surface area contributed by atoms with Crippen molar-refractivity contribution in [3.8, 4) is 5.75 Å². The fourth-order valence-electron chi connectivity index (χ4n) is 1.41. The Kier molecular flexibility index (Phi) is 5.50. The summed E-state index contributed by atoms with van der Waals surface area (Å²) in [7, 11) is 0. The van der Waals surface area contributed by atoms with E-state index in [2.05, 4.69) is 27.8 Å². The number of benzene rings is 1. The van der Waals surface area contributed by atoms with Crippen LogP contribution in [0.25, 0.3) is 0 Å². The van der Waals surface area contributed by atoms with Gasteiger partial charge >= 0.3 is 5.69 Å². The van der Waals surface area contributed by atoms with E-state index < -0.39 is 10.8 Å². The highest BCUT2D eigenvalue weighted by atomic mass is 79.9. The first-order valence-corrected chi connectivity index (χ1v) is 6.28. The molecule has 19 heavy (non-hydrogen) atoms. The maximum absolute atomic E-state index is 11.9. The number of nitro benzene ring substituents is 1. The summed E-state index contributed by atoms with van der Waals surface area (Å²) < 4.78 is 5.82. The van der Waals surface area contributed by atoms with Gasteiger partial charge in [0.15, 0.2) is 0 Å². The predicted molar refractivity (Wildman–Crippen MR) is 74.7 cm³/mol. The molecule has 0 fully saturated rings. The summed E-state index contributed by atoms with van der Waals surface area (Å²) in [5, 5.41) is 13.5. The predicted octanol–water partition coefficient (Wildman–Crippen LogP) is 2.63. The number of amides is 1. The minimum absolute atomic E-state index is 0.0207. The standard InChI is InChI=1S/C12H13BrN2O4/c1-3-19-11-9(12(16)14-7-8(2)13)5-4-6-10(11)15(17)18/h4-6H,2-3,7H2,1H3,(H,14,16). The minimum Gasteiger partial charge on any atom is -0.487 e. The van der Waals surface area contributed by atoms with Gasteiger partial charge in [0, 0.05) is 17.1 Å². The molecule has 1 N–H and O–H groups in total. The molecule has 0 saturated carbocycles. The molecule has 0 saturated heterocycles.